The van der Waals surface area contributed by atoms with E-state index in [2.05, 4.69) is 6.58 Å². The summed E-state index contributed by atoms with van der Waals surface area (Å²) >= 11 is 5.72. The van der Waals surface area contributed by atoms with Gasteiger partial charge in [-0.2, -0.15) is 13.2 Å². The number of hydrogen-bond donors (Lipinski definition) is 0. The van der Waals surface area contributed by atoms with Crippen molar-refractivity contribution >= 4 is 27.5 Å². The molecule has 0 saturated heterocycles. The van der Waals surface area contributed by atoms with Crippen LogP contribution in [0.3, 0.4) is 0 Å². The van der Waals surface area contributed by atoms with Crippen molar-refractivity contribution in [1.82, 2.24) is 4.31 Å². The fraction of sp³-hybridized carbons (Fsp3) is 0.118. The Hall–Kier alpha value is -2.32. The molecule has 0 unspecified atom stereocenters. The van der Waals surface area contributed by atoms with Crippen molar-refractivity contribution < 1.29 is 26.4 Å². The quantitative estimate of drug-likeness (QED) is 0.696. The van der Waals surface area contributed by atoms with E-state index in [0.717, 1.165) is 30.3 Å². The molecule has 0 N–H and O–H groups in total. The smallest absolute Gasteiger partial charge is 0.268 e. The highest BCUT2D eigenvalue weighted by Gasteiger charge is 2.38. The fourth-order valence-electron chi connectivity index (χ4n) is 2.19. The molecule has 0 atom stereocenters. The highest BCUT2D eigenvalue weighted by atomic mass is 35.5. The fourth-order valence-corrected chi connectivity index (χ4v) is 3.67. The lowest BCUT2D eigenvalue weighted by molar-refractivity contribution is -0.138. The average Bonchev–Trinajstić information content (AvgIpc) is 2.58. The van der Waals surface area contributed by atoms with Crippen molar-refractivity contribution in [3.8, 4) is 0 Å². The monoisotopic (exact) mass is 403 g/mol. The molecule has 2 aromatic rings. The first kappa shape index (κ1) is 20.0. The highest BCUT2D eigenvalue weighted by Crippen LogP contribution is 2.33. The van der Waals surface area contributed by atoms with Gasteiger partial charge in [-0.3, -0.25) is 4.79 Å². The van der Waals surface area contributed by atoms with Crippen LogP contribution in [0.25, 0.3) is 0 Å². The molecule has 0 radical (unpaired) electrons. The standard InChI is InChI=1S/C17H13ClF3NO3S/c1-2-11-22(26(24,25)13-9-7-12(18)8-10-13)16(23)14-5-3-4-6-15(14)17(19,20)21/h2-10H,1,11H2. The van der Waals surface area contributed by atoms with Gasteiger partial charge in [-0.05, 0) is 36.4 Å². The Morgan fingerprint density at radius 3 is 2.23 bits per heavy atom. The van der Waals surface area contributed by atoms with Gasteiger partial charge in [0, 0.05) is 5.02 Å². The zero-order valence-corrected chi connectivity index (χ0v) is 14.8. The maximum absolute atomic E-state index is 13.2. The summed E-state index contributed by atoms with van der Waals surface area (Å²) in [7, 11) is -4.40. The second-order valence-corrected chi connectivity index (χ2v) is 7.43. The summed E-state index contributed by atoms with van der Waals surface area (Å²) in [6.07, 6.45) is -3.70. The number of hydrogen-bond acceptors (Lipinski definition) is 3. The number of nitrogens with zero attached hydrogens (tertiary/aromatic N) is 1. The average molecular weight is 404 g/mol. The molecule has 0 fully saturated rings. The molecule has 0 aliphatic carbocycles. The summed E-state index contributed by atoms with van der Waals surface area (Å²) in [5, 5.41) is 0.271. The van der Waals surface area contributed by atoms with Crippen LogP contribution in [0.1, 0.15) is 15.9 Å². The molecule has 0 aliphatic heterocycles. The first-order chi connectivity index (χ1) is 12.1. The van der Waals surface area contributed by atoms with E-state index < -0.39 is 39.8 Å². The largest absolute Gasteiger partial charge is 0.417 e. The zero-order valence-electron chi connectivity index (χ0n) is 13.2. The number of amides is 1. The molecule has 4 nitrogen and oxygen atoms in total. The molecule has 0 aliphatic rings. The second-order valence-electron chi connectivity index (χ2n) is 5.13. The number of sulfonamides is 1. The number of carbonyl (C=O) groups is 1. The van der Waals surface area contributed by atoms with Crippen molar-refractivity contribution in [3.63, 3.8) is 0 Å². The summed E-state index contributed by atoms with van der Waals surface area (Å²) < 4.78 is 65.3. The van der Waals surface area contributed by atoms with Crippen LogP contribution >= 0.6 is 11.6 Å². The first-order valence-corrected chi connectivity index (χ1v) is 9.00. The van der Waals surface area contributed by atoms with Crippen LogP contribution in [-0.4, -0.2) is 25.2 Å². The Morgan fingerprint density at radius 1 is 1.12 bits per heavy atom. The van der Waals surface area contributed by atoms with Crippen LogP contribution in [0.4, 0.5) is 13.2 Å². The van der Waals surface area contributed by atoms with E-state index in [1.165, 1.54) is 18.2 Å². The highest BCUT2D eigenvalue weighted by molar-refractivity contribution is 7.89. The predicted octanol–water partition coefficient (Wildman–Crippen LogP) is 4.38. The van der Waals surface area contributed by atoms with Crippen LogP contribution in [0.5, 0.6) is 0 Å². The third kappa shape index (κ3) is 4.08. The van der Waals surface area contributed by atoms with Crippen LogP contribution in [-0.2, 0) is 16.2 Å². The normalized spacial score (nSPS) is 11.8. The topological polar surface area (TPSA) is 54.5 Å². The third-order valence-corrected chi connectivity index (χ3v) is 5.40. The molecule has 0 aromatic heterocycles. The van der Waals surface area contributed by atoms with Crippen LogP contribution < -0.4 is 0 Å². The summed E-state index contributed by atoms with van der Waals surface area (Å²) in [4.78, 5) is 12.4. The summed E-state index contributed by atoms with van der Waals surface area (Å²) in [6, 6.07) is 8.91. The maximum atomic E-state index is 13.2. The van der Waals surface area contributed by atoms with E-state index in [1.54, 1.807) is 0 Å². The van der Waals surface area contributed by atoms with Crippen LogP contribution in [0.15, 0.2) is 66.1 Å². The third-order valence-electron chi connectivity index (χ3n) is 3.39. The molecule has 2 rings (SSSR count). The van der Waals surface area contributed by atoms with E-state index in [1.807, 2.05) is 0 Å². The molecule has 0 spiro atoms. The molecular formula is C17H13ClF3NO3S. The lowest BCUT2D eigenvalue weighted by Gasteiger charge is -2.23. The van der Waals surface area contributed by atoms with Gasteiger partial charge >= 0.3 is 6.18 Å². The molecule has 138 valence electrons. The van der Waals surface area contributed by atoms with Crippen LogP contribution in [0.2, 0.25) is 5.02 Å². The number of carbonyl (C=O) groups excluding carboxylic acids is 1. The van der Waals surface area contributed by atoms with Gasteiger partial charge in [0.1, 0.15) is 0 Å². The molecule has 2 aromatic carbocycles. The van der Waals surface area contributed by atoms with Gasteiger partial charge in [-0.25, -0.2) is 12.7 Å². The first-order valence-electron chi connectivity index (χ1n) is 7.19. The number of halogens is 4. The van der Waals surface area contributed by atoms with Crippen molar-refractivity contribution in [3.05, 3.63) is 77.3 Å². The minimum Gasteiger partial charge on any atom is -0.268 e. The maximum Gasteiger partial charge on any atom is 0.417 e. The number of rotatable bonds is 5. The minimum atomic E-state index is -4.81. The van der Waals surface area contributed by atoms with Gasteiger partial charge in [0.05, 0.1) is 22.6 Å². The molecular weight excluding hydrogens is 391 g/mol. The molecule has 26 heavy (non-hydrogen) atoms. The van der Waals surface area contributed by atoms with Crippen molar-refractivity contribution in [2.24, 2.45) is 0 Å². The summed E-state index contributed by atoms with van der Waals surface area (Å²) in [5.41, 5.74) is -1.98. The van der Waals surface area contributed by atoms with Gasteiger partial charge in [-0.15, -0.1) is 6.58 Å². The summed E-state index contributed by atoms with van der Waals surface area (Å²) in [6.45, 7) is 2.88. The van der Waals surface area contributed by atoms with Gasteiger partial charge in [0.25, 0.3) is 15.9 Å². The Morgan fingerprint density at radius 2 is 1.69 bits per heavy atom. The number of benzene rings is 2. The van der Waals surface area contributed by atoms with E-state index in [9.17, 15) is 26.4 Å². The summed E-state index contributed by atoms with van der Waals surface area (Å²) in [5.74, 6) is -1.30. The molecule has 0 heterocycles. The van der Waals surface area contributed by atoms with Crippen molar-refractivity contribution in [2.75, 3.05) is 6.54 Å². The lowest BCUT2D eigenvalue weighted by atomic mass is 10.1. The van der Waals surface area contributed by atoms with Crippen molar-refractivity contribution in [2.45, 2.75) is 11.1 Å². The number of alkyl halides is 3. The van der Waals surface area contributed by atoms with Crippen LogP contribution in [0, 0.1) is 0 Å². The Balaban J connectivity index is 2.56. The Labute approximate surface area is 153 Å². The SMILES string of the molecule is C=CCN(C(=O)c1ccccc1C(F)(F)F)S(=O)(=O)c1ccc(Cl)cc1. The van der Waals surface area contributed by atoms with E-state index in [4.69, 9.17) is 11.6 Å². The molecule has 0 bridgehead atoms. The Bertz CT molecular complexity index is 925. The molecule has 9 heteroatoms. The van der Waals surface area contributed by atoms with Gasteiger partial charge in [0.15, 0.2) is 0 Å². The Kier molecular flexibility index (Phi) is 5.77. The minimum absolute atomic E-state index is 0.271. The van der Waals surface area contributed by atoms with Crippen molar-refractivity contribution in [1.29, 1.82) is 0 Å². The van der Waals surface area contributed by atoms with E-state index in [0.29, 0.717) is 10.4 Å². The predicted molar refractivity (Wildman–Crippen MR) is 91.3 cm³/mol. The zero-order chi connectivity index (χ0) is 19.5. The lowest BCUT2D eigenvalue weighted by Crippen LogP contribution is -2.38. The second kappa shape index (κ2) is 7.51. The van der Waals surface area contributed by atoms with E-state index in [-0.39, 0.29) is 9.92 Å². The molecule has 0 saturated carbocycles. The molecule has 1 amide bonds. The van der Waals surface area contributed by atoms with Gasteiger partial charge in [0.2, 0.25) is 0 Å². The van der Waals surface area contributed by atoms with Gasteiger partial charge in [-0.1, -0.05) is 29.8 Å². The van der Waals surface area contributed by atoms with E-state index >= 15 is 0 Å². The van der Waals surface area contributed by atoms with Gasteiger partial charge < -0.3 is 0 Å².